The molecule has 1 fully saturated rings. The first-order valence-electron chi connectivity index (χ1n) is 8.42. The predicted molar refractivity (Wildman–Crippen MR) is 88.7 cm³/mol. The Bertz CT molecular complexity index is 654. The maximum absolute atomic E-state index is 6.46. The second-order valence-corrected chi connectivity index (χ2v) is 6.15. The Hall–Kier alpha value is -1.91. The van der Waals surface area contributed by atoms with Crippen LogP contribution in [0, 0.1) is 0 Å². The van der Waals surface area contributed by atoms with Crippen molar-refractivity contribution < 1.29 is 9.47 Å². The van der Waals surface area contributed by atoms with Gasteiger partial charge >= 0.3 is 0 Å². The number of morpholine rings is 1. The van der Waals surface area contributed by atoms with E-state index in [1.54, 1.807) is 0 Å². The zero-order valence-corrected chi connectivity index (χ0v) is 13.2. The summed E-state index contributed by atoms with van der Waals surface area (Å²) in [5.74, 6) is 0.991. The third-order valence-electron chi connectivity index (χ3n) is 4.63. The van der Waals surface area contributed by atoms with Crippen LogP contribution in [0.5, 0.6) is 5.75 Å². The number of aryl methyl sites for hydroxylation is 1. The van der Waals surface area contributed by atoms with Gasteiger partial charge in [0.1, 0.15) is 11.9 Å². The van der Waals surface area contributed by atoms with E-state index in [-0.39, 0.29) is 12.2 Å². The molecule has 0 spiro atoms. The highest BCUT2D eigenvalue weighted by molar-refractivity contribution is 5.43. The number of ether oxygens (including phenoxy) is 2. The molecule has 0 amide bonds. The van der Waals surface area contributed by atoms with Crippen molar-refractivity contribution in [2.75, 3.05) is 19.7 Å². The first-order valence-corrected chi connectivity index (χ1v) is 8.42. The zero-order chi connectivity index (χ0) is 15.5. The SMILES string of the molecule is c1ccc([C@H](Oc2cccc3c2CCC3)[C@@H]2CNCCO2)nc1. The van der Waals surface area contributed by atoms with E-state index in [9.17, 15) is 0 Å². The van der Waals surface area contributed by atoms with Gasteiger partial charge in [0.2, 0.25) is 0 Å². The number of benzene rings is 1. The van der Waals surface area contributed by atoms with Crippen LogP contribution in [0.4, 0.5) is 0 Å². The fourth-order valence-electron chi connectivity index (χ4n) is 3.48. The minimum atomic E-state index is -0.184. The summed E-state index contributed by atoms with van der Waals surface area (Å²) in [5, 5.41) is 3.39. The fourth-order valence-corrected chi connectivity index (χ4v) is 3.48. The van der Waals surface area contributed by atoms with E-state index in [2.05, 4.69) is 28.5 Å². The van der Waals surface area contributed by atoms with E-state index >= 15 is 0 Å². The van der Waals surface area contributed by atoms with Gasteiger partial charge in [-0.1, -0.05) is 18.2 Å². The molecule has 1 aliphatic carbocycles. The zero-order valence-electron chi connectivity index (χ0n) is 13.2. The first kappa shape index (κ1) is 14.7. The van der Waals surface area contributed by atoms with Crippen molar-refractivity contribution in [3.05, 3.63) is 59.4 Å². The van der Waals surface area contributed by atoms with Gasteiger partial charge in [0.15, 0.2) is 6.10 Å². The van der Waals surface area contributed by atoms with Crippen LogP contribution in [-0.4, -0.2) is 30.8 Å². The van der Waals surface area contributed by atoms with Crippen molar-refractivity contribution >= 4 is 0 Å². The van der Waals surface area contributed by atoms with Crippen LogP contribution in [-0.2, 0) is 17.6 Å². The van der Waals surface area contributed by atoms with E-state index in [0.29, 0.717) is 6.61 Å². The number of hydrogen-bond donors (Lipinski definition) is 1. The van der Waals surface area contributed by atoms with Gasteiger partial charge in [0.25, 0.3) is 0 Å². The molecule has 0 saturated carbocycles. The molecule has 0 radical (unpaired) electrons. The van der Waals surface area contributed by atoms with E-state index in [1.807, 2.05) is 24.4 Å². The van der Waals surface area contributed by atoms with Crippen LogP contribution in [0.3, 0.4) is 0 Å². The Morgan fingerprint density at radius 2 is 2.17 bits per heavy atom. The number of rotatable bonds is 4. The van der Waals surface area contributed by atoms with Crippen LogP contribution < -0.4 is 10.1 Å². The first-order chi connectivity index (χ1) is 11.4. The van der Waals surface area contributed by atoms with Gasteiger partial charge in [0.05, 0.1) is 12.3 Å². The molecule has 1 N–H and O–H groups in total. The molecule has 4 heteroatoms. The van der Waals surface area contributed by atoms with Crippen LogP contribution in [0.1, 0.15) is 29.3 Å². The number of pyridine rings is 1. The highest BCUT2D eigenvalue weighted by Crippen LogP contribution is 2.34. The summed E-state index contributed by atoms with van der Waals surface area (Å²) in [6, 6.07) is 12.3. The maximum Gasteiger partial charge on any atom is 0.168 e. The third-order valence-corrected chi connectivity index (χ3v) is 4.63. The lowest BCUT2D eigenvalue weighted by Gasteiger charge is -2.31. The molecule has 23 heavy (non-hydrogen) atoms. The van der Waals surface area contributed by atoms with Crippen molar-refractivity contribution in [1.82, 2.24) is 10.3 Å². The number of fused-ring (bicyclic) bond motifs is 1. The van der Waals surface area contributed by atoms with Gasteiger partial charge in [-0.15, -0.1) is 0 Å². The second kappa shape index (κ2) is 6.69. The summed E-state index contributed by atoms with van der Waals surface area (Å²) in [7, 11) is 0. The molecule has 2 aliphatic rings. The smallest absolute Gasteiger partial charge is 0.168 e. The van der Waals surface area contributed by atoms with Crippen LogP contribution in [0.2, 0.25) is 0 Å². The lowest BCUT2D eigenvalue weighted by atomic mass is 10.1. The molecular formula is C19H22N2O2. The van der Waals surface area contributed by atoms with Gasteiger partial charge in [-0.3, -0.25) is 4.98 Å². The highest BCUT2D eigenvalue weighted by atomic mass is 16.5. The van der Waals surface area contributed by atoms with Gasteiger partial charge in [-0.25, -0.2) is 0 Å². The molecule has 1 saturated heterocycles. The Kier molecular flexibility index (Phi) is 4.26. The molecule has 2 heterocycles. The van der Waals surface area contributed by atoms with Crippen molar-refractivity contribution in [1.29, 1.82) is 0 Å². The number of hydrogen-bond acceptors (Lipinski definition) is 4. The predicted octanol–water partition coefficient (Wildman–Crippen LogP) is 2.68. The van der Waals surface area contributed by atoms with Crippen LogP contribution in [0.25, 0.3) is 0 Å². The lowest BCUT2D eigenvalue weighted by molar-refractivity contribution is -0.0449. The van der Waals surface area contributed by atoms with Crippen molar-refractivity contribution in [2.24, 2.45) is 0 Å². The molecule has 1 aromatic carbocycles. The molecule has 2 aromatic rings. The molecule has 0 bridgehead atoms. The molecular weight excluding hydrogens is 288 g/mol. The average Bonchev–Trinajstić information content (AvgIpc) is 3.11. The third kappa shape index (κ3) is 3.09. The minimum Gasteiger partial charge on any atom is -0.481 e. The topological polar surface area (TPSA) is 43.4 Å². The molecule has 1 aliphatic heterocycles. The average molecular weight is 310 g/mol. The molecule has 0 unspecified atom stereocenters. The summed E-state index contributed by atoms with van der Waals surface area (Å²) < 4.78 is 12.4. The van der Waals surface area contributed by atoms with Crippen molar-refractivity contribution in [3.8, 4) is 5.75 Å². The van der Waals surface area contributed by atoms with E-state index in [1.165, 1.54) is 17.5 Å². The van der Waals surface area contributed by atoms with Gasteiger partial charge < -0.3 is 14.8 Å². The summed E-state index contributed by atoms with van der Waals surface area (Å²) in [6.07, 6.45) is 5.09. The van der Waals surface area contributed by atoms with E-state index in [0.717, 1.165) is 37.4 Å². The standard InChI is InChI=1S/C19H22N2O2/c1-2-10-21-16(8-1)19(18-13-20-11-12-22-18)23-17-9-4-6-14-5-3-7-15(14)17/h1-2,4,6,8-10,18-20H,3,5,7,11-13H2/t18-,19-/m0/s1. The molecule has 2 atom stereocenters. The number of aromatic nitrogens is 1. The van der Waals surface area contributed by atoms with E-state index < -0.39 is 0 Å². The summed E-state index contributed by atoms with van der Waals surface area (Å²) in [6.45, 7) is 2.40. The van der Waals surface area contributed by atoms with Crippen LogP contribution >= 0.6 is 0 Å². The number of nitrogens with zero attached hydrogens (tertiary/aromatic N) is 1. The molecule has 1 aromatic heterocycles. The Balaban J connectivity index is 1.64. The summed E-state index contributed by atoms with van der Waals surface area (Å²) in [5.41, 5.74) is 3.71. The Morgan fingerprint density at radius 1 is 1.17 bits per heavy atom. The van der Waals surface area contributed by atoms with Gasteiger partial charge in [-0.05, 0) is 48.6 Å². The largest absolute Gasteiger partial charge is 0.481 e. The monoisotopic (exact) mass is 310 g/mol. The number of nitrogens with one attached hydrogen (secondary N) is 1. The summed E-state index contributed by atoms with van der Waals surface area (Å²) in [4.78, 5) is 4.51. The quantitative estimate of drug-likeness (QED) is 0.943. The normalized spacial score (nSPS) is 21.7. The van der Waals surface area contributed by atoms with Crippen molar-refractivity contribution in [3.63, 3.8) is 0 Å². The fraction of sp³-hybridized carbons (Fsp3) is 0.421. The van der Waals surface area contributed by atoms with Crippen LogP contribution in [0.15, 0.2) is 42.6 Å². The molecule has 120 valence electrons. The lowest BCUT2D eigenvalue weighted by Crippen LogP contribution is -2.43. The van der Waals surface area contributed by atoms with Crippen molar-refractivity contribution in [2.45, 2.75) is 31.5 Å². The van der Waals surface area contributed by atoms with Gasteiger partial charge in [-0.2, -0.15) is 0 Å². The highest BCUT2D eigenvalue weighted by Gasteiger charge is 2.30. The Labute approximate surface area is 136 Å². The summed E-state index contributed by atoms with van der Waals surface area (Å²) >= 11 is 0. The molecule has 4 rings (SSSR count). The van der Waals surface area contributed by atoms with Gasteiger partial charge in [0, 0.05) is 19.3 Å². The maximum atomic E-state index is 6.46. The second-order valence-electron chi connectivity index (χ2n) is 6.15. The van der Waals surface area contributed by atoms with E-state index in [4.69, 9.17) is 9.47 Å². The Morgan fingerprint density at radius 3 is 3.00 bits per heavy atom. The minimum absolute atomic E-state index is 0.0177. The molecule has 4 nitrogen and oxygen atoms in total.